The van der Waals surface area contributed by atoms with Crippen LogP contribution in [0.4, 0.5) is 10.1 Å². The van der Waals surface area contributed by atoms with Gasteiger partial charge in [-0.2, -0.15) is 5.10 Å². The van der Waals surface area contributed by atoms with E-state index in [0.717, 1.165) is 31.6 Å². The van der Waals surface area contributed by atoms with Gasteiger partial charge in [-0.25, -0.2) is 9.82 Å². The van der Waals surface area contributed by atoms with Crippen LogP contribution in [0.2, 0.25) is 0 Å². The van der Waals surface area contributed by atoms with E-state index < -0.39 is 17.6 Å². The first-order valence-corrected chi connectivity index (χ1v) is 6.78. The van der Waals surface area contributed by atoms with Crippen LogP contribution < -0.4 is 15.6 Å². The zero-order valence-electron chi connectivity index (χ0n) is 11.8. The summed E-state index contributed by atoms with van der Waals surface area (Å²) in [5.41, 5.74) is 3.50. The number of carbonyl (C=O) groups excluding carboxylic acids is 2. The smallest absolute Gasteiger partial charge is 0.329 e. The van der Waals surface area contributed by atoms with Crippen LogP contribution in [0.3, 0.4) is 0 Å². The number of benzene rings is 1. The van der Waals surface area contributed by atoms with Gasteiger partial charge in [0.1, 0.15) is 5.82 Å². The first-order chi connectivity index (χ1) is 10.0. The number of anilines is 1. The molecule has 0 unspecified atom stereocenters. The van der Waals surface area contributed by atoms with E-state index in [9.17, 15) is 14.0 Å². The second kappa shape index (κ2) is 6.94. The van der Waals surface area contributed by atoms with Crippen molar-refractivity contribution in [3.05, 3.63) is 30.1 Å². The number of likely N-dealkylation sites (tertiary alicyclic amines) is 1. The Balaban J connectivity index is 1.84. The summed E-state index contributed by atoms with van der Waals surface area (Å²) in [4.78, 5) is 24.7. The number of piperidine rings is 1. The summed E-state index contributed by atoms with van der Waals surface area (Å²) in [5.74, 6) is -2.07. The number of rotatable bonds is 2. The molecular weight excluding hydrogens is 275 g/mol. The number of hydrogen-bond acceptors (Lipinski definition) is 3. The molecule has 1 aromatic carbocycles. The monoisotopic (exact) mass is 293 g/mol. The number of quaternary nitrogens is 1. The molecule has 6 nitrogen and oxygen atoms in total. The number of nitrogens with zero attached hydrogens (tertiary/aromatic N) is 1. The van der Waals surface area contributed by atoms with E-state index in [4.69, 9.17) is 0 Å². The predicted molar refractivity (Wildman–Crippen MR) is 76.5 cm³/mol. The molecule has 0 bridgehead atoms. The molecule has 1 heterocycles. The van der Waals surface area contributed by atoms with Gasteiger partial charge in [0.25, 0.3) is 0 Å². The quantitative estimate of drug-likeness (QED) is 0.510. The molecule has 1 aliphatic heterocycles. The maximum Gasteiger partial charge on any atom is 0.329 e. The molecule has 1 aromatic rings. The second-order valence-corrected chi connectivity index (χ2v) is 5.04. The zero-order valence-corrected chi connectivity index (χ0v) is 11.8. The molecule has 7 heteroatoms. The fourth-order valence-corrected chi connectivity index (χ4v) is 1.98. The number of hydrazone groups is 1. The third kappa shape index (κ3) is 4.64. The summed E-state index contributed by atoms with van der Waals surface area (Å²) in [5, 5.41) is 6.35. The minimum atomic E-state index is -0.835. The first-order valence-electron chi connectivity index (χ1n) is 6.78. The van der Waals surface area contributed by atoms with Crippen LogP contribution in [0.1, 0.15) is 12.8 Å². The maximum atomic E-state index is 12.7. The third-order valence-electron chi connectivity index (χ3n) is 3.30. The number of hydrogen-bond donors (Lipinski definition) is 3. The van der Waals surface area contributed by atoms with Gasteiger partial charge in [-0.1, -0.05) is 0 Å². The lowest BCUT2D eigenvalue weighted by Gasteiger charge is -2.20. The molecule has 112 valence electrons. The van der Waals surface area contributed by atoms with Crippen LogP contribution in [-0.4, -0.2) is 37.7 Å². The lowest BCUT2D eigenvalue weighted by Crippen LogP contribution is -3.10. The van der Waals surface area contributed by atoms with Gasteiger partial charge in [0.05, 0.1) is 20.1 Å². The van der Waals surface area contributed by atoms with Crippen molar-refractivity contribution in [2.45, 2.75) is 12.8 Å². The average molecular weight is 293 g/mol. The van der Waals surface area contributed by atoms with Gasteiger partial charge in [-0.15, -0.1) is 0 Å². The Morgan fingerprint density at radius 3 is 2.38 bits per heavy atom. The SMILES string of the molecule is C[NH+]1CCC(=NNC(=O)C(=O)Nc2ccc(F)cc2)CC1. The summed E-state index contributed by atoms with van der Waals surface area (Å²) in [7, 11) is 2.10. The van der Waals surface area contributed by atoms with E-state index in [1.54, 1.807) is 0 Å². The van der Waals surface area contributed by atoms with Gasteiger partial charge in [0.15, 0.2) is 0 Å². The molecule has 0 saturated carbocycles. The molecule has 1 fully saturated rings. The van der Waals surface area contributed by atoms with E-state index in [1.807, 2.05) is 0 Å². The van der Waals surface area contributed by atoms with Crippen molar-refractivity contribution in [1.82, 2.24) is 5.43 Å². The number of halogens is 1. The van der Waals surface area contributed by atoms with Crippen molar-refractivity contribution >= 4 is 23.2 Å². The Kier molecular flexibility index (Phi) is 4.99. The van der Waals surface area contributed by atoms with Crippen LogP contribution >= 0.6 is 0 Å². The highest BCUT2D eigenvalue weighted by molar-refractivity contribution is 6.39. The van der Waals surface area contributed by atoms with Gasteiger partial charge >= 0.3 is 11.8 Å². The molecule has 1 aliphatic rings. The van der Waals surface area contributed by atoms with Crippen LogP contribution in [0.25, 0.3) is 0 Å². The van der Waals surface area contributed by atoms with Gasteiger partial charge in [-0.3, -0.25) is 9.59 Å². The standard InChI is InChI=1S/C14H17FN4O2/c1-19-8-6-12(7-9-19)17-18-14(21)13(20)16-11-4-2-10(15)3-5-11/h2-5H,6-9H2,1H3,(H,16,20)(H,18,21)/p+1. The second-order valence-electron chi connectivity index (χ2n) is 5.04. The van der Waals surface area contributed by atoms with Crippen molar-refractivity contribution in [1.29, 1.82) is 0 Å². The molecule has 0 spiro atoms. The number of carbonyl (C=O) groups is 2. The van der Waals surface area contributed by atoms with Crippen LogP contribution in [-0.2, 0) is 9.59 Å². The summed E-state index contributed by atoms with van der Waals surface area (Å²) in [6.45, 7) is 1.94. The molecular formula is C14H18FN4O2+. The fourth-order valence-electron chi connectivity index (χ4n) is 1.98. The third-order valence-corrected chi connectivity index (χ3v) is 3.30. The lowest BCUT2D eigenvalue weighted by molar-refractivity contribution is -0.880. The van der Waals surface area contributed by atoms with Crippen molar-refractivity contribution < 1.29 is 18.9 Å². The molecule has 0 aromatic heterocycles. The summed E-state index contributed by atoms with van der Waals surface area (Å²) in [6, 6.07) is 5.17. The van der Waals surface area contributed by atoms with Crippen LogP contribution in [0, 0.1) is 5.82 Å². The molecule has 0 aliphatic carbocycles. The van der Waals surface area contributed by atoms with E-state index in [2.05, 4.69) is 22.9 Å². The van der Waals surface area contributed by atoms with E-state index in [1.165, 1.54) is 29.2 Å². The van der Waals surface area contributed by atoms with Crippen molar-refractivity contribution in [3.63, 3.8) is 0 Å². The molecule has 2 amide bonds. The highest BCUT2D eigenvalue weighted by Gasteiger charge is 2.17. The Morgan fingerprint density at radius 1 is 1.14 bits per heavy atom. The molecule has 1 saturated heterocycles. The Hall–Kier alpha value is -2.28. The minimum absolute atomic E-state index is 0.354. The average Bonchev–Trinajstić information content (AvgIpc) is 2.48. The predicted octanol–water partition coefficient (Wildman–Crippen LogP) is -0.455. The molecule has 3 N–H and O–H groups in total. The van der Waals surface area contributed by atoms with Gasteiger partial charge in [0, 0.05) is 24.2 Å². The normalized spacial score (nSPS) is 18.0. The highest BCUT2D eigenvalue weighted by atomic mass is 19.1. The Bertz CT molecular complexity index is 547. The molecule has 21 heavy (non-hydrogen) atoms. The van der Waals surface area contributed by atoms with Crippen LogP contribution in [0.15, 0.2) is 29.4 Å². The van der Waals surface area contributed by atoms with Gasteiger partial charge < -0.3 is 10.2 Å². The first kappa shape index (κ1) is 15.1. The topological polar surface area (TPSA) is 75.0 Å². The zero-order chi connectivity index (χ0) is 15.2. The largest absolute Gasteiger partial charge is 0.337 e. The van der Waals surface area contributed by atoms with Gasteiger partial charge in [-0.05, 0) is 24.3 Å². The van der Waals surface area contributed by atoms with Crippen molar-refractivity contribution in [3.8, 4) is 0 Å². The summed E-state index contributed by atoms with van der Waals surface area (Å²) in [6.07, 6.45) is 1.62. The Morgan fingerprint density at radius 2 is 1.76 bits per heavy atom. The number of nitrogens with one attached hydrogen (secondary N) is 3. The Labute approximate surface area is 122 Å². The maximum absolute atomic E-state index is 12.7. The van der Waals surface area contributed by atoms with Crippen molar-refractivity contribution in [2.75, 3.05) is 25.5 Å². The van der Waals surface area contributed by atoms with Crippen LogP contribution in [0.5, 0.6) is 0 Å². The number of amides is 2. The van der Waals surface area contributed by atoms with E-state index in [-0.39, 0.29) is 0 Å². The van der Waals surface area contributed by atoms with Crippen molar-refractivity contribution in [2.24, 2.45) is 5.10 Å². The van der Waals surface area contributed by atoms with Gasteiger partial charge in [0.2, 0.25) is 0 Å². The summed E-state index contributed by atoms with van der Waals surface area (Å²) < 4.78 is 12.7. The fraction of sp³-hybridized carbons (Fsp3) is 0.357. The highest BCUT2D eigenvalue weighted by Crippen LogP contribution is 2.07. The molecule has 2 rings (SSSR count). The molecule has 0 atom stereocenters. The lowest BCUT2D eigenvalue weighted by atomic mass is 10.1. The van der Waals surface area contributed by atoms with E-state index in [0.29, 0.717) is 5.69 Å². The summed E-state index contributed by atoms with van der Waals surface area (Å²) >= 11 is 0. The molecule has 0 radical (unpaired) electrons. The minimum Gasteiger partial charge on any atom is -0.337 e. The van der Waals surface area contributed by atoms with E-state index >= 15 is 0 Å².